The Bertz CT molecular complexity index is 1650. The van der Waals surface area contributed by atoms with E-state index in [1.807, 2.05) is 42.5 Å². The van der Waals surface area contributed by atoms with Gasteiger partial charge in [-0.1, -0.05) is 54.6 Å². The van der Waals surface area contributed by atoms with Gasteiger partial charge < -0.3 is 23.6 Å². The van der Waals surface area contributed by atoms with E-state index >= 15 is 0 Å². The molecular weight excluding hydrogens is 458 g/mol. The Hall–Kier alpha value is -4.78. The first kappa shape index (κ1) is 21.7. The topological polar surface area (TPSA) is 93.1 Å². The molecule has 5 aromatic rings. The van der Waals surface area contributed by atoms with Crippen LogP contribution in [0.5, 0.6) is 5.75 Å². The van der Waals surface area contributed by atoms with Crippen molar-refractivity contribution in [3.05, 3.63) is 114 Å². The predicted molar refractivity (Wildman–Crippen MR) is 133 cm³/mol. The monoisotopic (exact) mass is 479 g/mol. The number of hydrogen-bond acceptors (Lipinski definition) is 6. The smallest absolute Gasteiger partial charge is 0.290 e. The molecule has 7 nitrogen and oxygen atoms in total. The SMILES string of the molecule is COc1cccc2cc(C(=O)C3=C(O)C(=O)N(Cc4ccco4)C3c3cccc4ccccc34)oc12. The van der Waals surface area contributed by atoms with Crippen LogP contribution in [0.4, 0.5) is 0 Å². The molecule has 0 radical (unpaired) electrons. The number of nitrogens with zero attached hydrogens (tertiary/aromatic N) is 1. The number of furan rings is 2. The second-order valence-electron chi connectivity index (χ2n) is 8.56. The Balaban J connectivity index is 1.52. The van der Waals surface area contributed by atoms with Gasteiger partial charge in [-0.2, -0.15) is 0 Å². The highest BCUT2D eigenvalue weighted by atomic mass is 16.5. The zero-order valence-corrected chi connectivity index (χ0v) is 19.3. The summed E-state index contributed by atoms with van der Waals surface area (Å²) in [7, 11) is 1.52. The van der Waals surface area contributed by atoms with Gasteiger partial charge in [0.25, 0.3) is 5.91 Å². The summed E-state index contributed by atoms with van der Waals surface area (Å²) in [6, 6.07) is 23.0. The average Bonchev–Trinajstić information content (AvgIpc) is 3.63. The number of hydrogen-bond donors (Lipinski definition) is 1. The fourth-order valence-electron chi connectivity index (χ4n) is 4.87. The van der Waals surface area contributed by atoms with Crippen molar-refractivity contribution in [2.75, 3.05) is 7.11 Å². The fourth-order valence-corrected chi connectivity index (χ4v) is 4.87. The minimum Gasteiger partial charge on any atom is -0.503 e. The van der Waals surface area contributed by atoms with Gasteiger partial charge in [-0.25, -0.2) is 0 Å². The average molecular weight is 479 g/mol. The number of rotatable bonds is 6. The first-order valence-electron chi connectivity index (χ1n) is 11.4. The highest BCUT2D eigenvalue weighted by molar-refractivity contribution is 6.16. The van der Waals surface area contributed by atoms with Crippen LogP contribution < -0.4 is 4.74 Å². The summed E-state index contributed by atoms with van der Waals surface area (Å²) in [4.78, 5) is 28.7. The van der Waals surface area contributed by atoms with Crippen molar-refractivity contribution in [1.82, 2.24) is 4.90 Å². The van der Waals surface area contributed by atoms with Gasteiger partial charge in [0, 0.05) is 5.39 Å². The molecule has 0 bridgehead atoms. The van der Waals surface area contributed by atoms with Gasteiger partial charge in [0.05, 0.1) is 31.5 Å². The molecule has 178 valence electrons. The number of Topliss-reactive ketones (excluding diaryl/α,β-unsaturated/α-hetero) is 1. The van der Waals surface area contributed by atoms with Crippen LogP contribution in [0.3, 0.4) is 0 Å². The molecule has 0 aliphatic carbocycles. The summed E-state index contributed by atoms with van der Waals surface area (Å²) in [6.45, 7) is 0.0779. The number of methoxy groups -OCH3 is 1. The number of ether oxygens (including phenoxy) is 1. The molecule has 3 aromatic carbocycles. The van der Waals surface area contributed by atoms with Gasteiger partial charge >= 0.3 is 0 Å². The second kappa shape index (κ2) is 8.46. The minimum absolute atomic E-state index is 0.00827. The van der Waals surface area contributed by atoms with E-state index in [1.165, 1.54) is 18.3 Å². The van der Waals surface area contributed by atoms with Crippen molar-refractivity contribution in [3.63, 3.8) is 0 Å². The third-order valence-electron chi connectivity index (χ3n) is 6.52. The third kappa shape index (κ3) is 3.36. The van der Waals surface area contributed by atoms with Crippen molar-refractivity contribution in [1.29, 1.82) is 0 Å². The normalized spacial score (nSPS) is 15.9. The predicted octanol–water partition coefficient (Wildman–Crippen LogP) is 5.97. The molecule has 0 saturated carbocycles. The molecule has 1 unspecified atom stereocenters. The zero-order valence-electron chi connectivity index (χ0n) is 19.3. The summed E-state index contributed by atoms with van der Waals surface area (Å²) in [5.74, 6) is -0.799. The van der Waals surface area contributed by atoms with Gasteiger partial charge in [0.15, 0.2) is 22.9 Å². The van der Waals surface area contributed by atoms with Gasteiger partial charge in [-0.15, -0.1) is 0 Å². The van der Waals surface area contributed by atoms with Gasteiger partial charge in [0.2, 0.25) is 5.78 Å². The van der Waals surface area contributed by atoms with E-state index in [4.69, 9.17) is 13.6 Å². The quantitative estimate of drug-likeness (QED) is 0.302. The summed E-state index contributed by atoms with van der Waals surface area (Å²) in [6.07, 6.45) is 1.52. The highest BCUT2D eigenvalue weighted by Gasteiger charge is 2.45. The Morgan fingerprint density at radius 3 is 2.58 bits per heavy atom. The Morgan fingerprint density at radius 2 is 1.78 bits per heavy atom. The number of ketones is 1. The number of carbonyl (C=O) groups is 2. The van der Waals surface area contributed by atoms with Crippen LogP contribution in [0.25, 0.3) is 21.7 Å². The number of aliphatic hydroxyl groups excluding tert-OH is 1. The maximum atomic E-state index is 13.9. The molecule has 1 amide bonds. The number of benzene rings is 3. The molecule has 0 spiro atoms. The second-order valence-corrected chi connectivity index (χ2v) is 8.56. The molecule has 1 aliphatic heterocycles. The zero-order chi connectivity index (χ0) is 24.8. The van der Waals surface area contributed by atoms with Crippen LogP contribution in [0, 0.1) is 0 Å². The number of para-hydroxylation sites is 1. The first-order chi connectivity index (χ1) is 17.6. The van der Waals surface area contributed by atoms with E-state index in [9.17, 15) is 14.7 Å². The van der Waals surface area contributed by atoms with E-state index < -0.39 is 23.5 Å². The van der Waals surface area contributed by atoms with E-state index in [2.05, 4.69) is 0 Å². The van der Waals surface area contributed by atoms with Crippen LogP contribution in [0.15, 0.2) is 105 Å². The number of aliphatic hydroxyl groups is 1. The standard InChI is InChI=1S/C29H21NO6/c1-34-22-13-5-9-18-15-23(36-28(18)22)26(31)24-25(21-12-4-8-17-7-2-3-11-20(17)21)30(29(33)27(24)32)16-19-10-6-14-35-19/h2-15,25,32H,16H2,1H3. The molecule has 1 aliphatic rings. The maximum Gasteiger partial charge on any atom is 0.290 e. The fraction of sp³-hybridized carbons (Fsp3) is 0.103. The largest absolute Gasteiger partial charge is 0.503 e. The molecule has 0 fully saturated rings. The molecule has 2 aromatic heterocycles. The van der Waals surface area contributed by atoms with Crippen molar-refractivity contribution in [3.8, 4) is 5.75 Å². The molecule has 1 atom stereocenters. The lowest BCUT2D eigenvalue weighted by atomic mass is 9.91. The van der Waals surface area contributed by atoms with Gasteiger partial charge in [0.1, 0.15) is 5.76 Å². The van der Waals surface area contributed by atoms with Crippen LogP contribution >= 0.6 is 0 Å². The highest BCUT2D eigenvalue weighted by Crippen LogP contribution is 2.43. The number of fused-ring (bicyclic) bond motifs is 2. The van der Waals surface area contributed by atoms with Crippen LogP contribution in [-0.4, -0.2) is 28.8 Å². The first-order valence-corrected chi connectivity index (χ1v) is 11.4. The molecule has 0 saturated heterocycles. The lowest BCUT2D eigenvalue weighted by Gasteiger charge is -2.27. The summed E-state index contributed by atoms with van der Waals surface area (Å²) in [5.41, 5.74) is 1.09. The van der Waals surface area contributed by atoms with Crippen LogP contribution in [0.2, 0.25) is 0 Å². The van der Waals surface area contributed by atoms with Crippen molar-refractivity contribution >= 4 is 33.4 Å². The van der Waals surface area contributed by atoms with Crippen LogP contribution in [-0.2, 0) is 11.3 Å². The molecular formula is C29H21NO6. The lowest BCUT2D eigenvalue weighted by molar-refractivity contribution is -0.130. The molecule has 6 rings (SSSR count). The Labute approximate surface area is 205 Å². The maximum absolute atomic E-state index is 13.9. The van der Waals surface area contributed by atoms with Gasteiger partial charge in [-0.05, 0) is 40.6 Å². The van der Waals surface area contributed by atoms with E-state index in [0.717, 1.165) is 10.8 Å². The number of carbonyl (C=O) groups excluding carboxylic acids is 2. The van der Waals surface area contributed by atoms with Crippen molar-refractivity contribution < 1.29 is 28.3 Å². The Morgan fingerprint density at radius 1 is 1.00 bits per heavy atom. The van der Waals surface area contributed by atoms with E-state index in [-0.39, 0.29) is 17.9 Å². The summed E-state index contributed by atoms with van der Waals surface area (Å²) >= 11 is 0. The molecule has 3 heterocycles. The molecule has 36 heavy (non-hydrogen) atoms. The van der Waals surface area contributed by atoms with Crippen molar-refractivity contribution in [2.24, 2.45) is 0 Å². The van der Waals surface area contributed by atoms with Crippen LogP contribution in [0.1, 0.15) is 27.9 Å². The summed E-state index contributed by atoms with van der Waals surface area (Å²) in [5, 5.41) is 13.5. The van der Waals surface area contributed by atoms with Crippen molar-refractivity contribution in [2.45, 2.75) is 12.6 Å². The Kier molecular flexibility index (Phi) is 5.11. The minimum atomic E-state index is -0.851. The lowest BCUT2D eigenvalue weighted by Crippen LogP contribution is -2.30. The van der Waals surface area contributed by atoms with E-state index in [1.54, 1.807) is 36.4 Å². The molecule has 7 heteroatoms. The van der Waals surface area contributed by atoms with E-state index in [0.29, 0.717) is 28.0 Å². The number of amides is 1. The third-order valence-corrected chi connectivity index (χ3v) is 6.52. The molecule has 1 N–H and O–H groups in total. The summed E-state index contributed by atoms with van der Waals surface area (Å²) < 4.78 is 16.7. The van der Waals surface area contributed by atoms with Gasteiger partial charge in [-0.3, -0.25) is 9.59 Å².